The minimum Gasteiger partial charge on any atom is -0.453 e. The second-order valence-electron chi connectivity index (χ2n) is 4.62. The third kappa shape index (κ3) is 2.91. The zero-order chi connectivity index (χ0) is 15.4. The largest absolute Gasteiger partial charge is 0.453 e. The number of furan rings is 1. The van der Waals surface area contributed by atoms with E-state index in [1.54, 1.807) is 30.1 Å². The predicted molar refractivity (Wildman–Crippen MR) is 80.9 cm³/mol. The number of amides is 1. The van der Waals surface area contributed by atoms with E-state index >= 15 is 0 Å². The fourth-order valence-electron chi connectivity index (χ4n) is 2.09. The van der Waals surface area contributed by atoms with Crippen LogP contribution >= 0.6 is 0 Å². The molecule has 0 radical (unpaired) electrons. The number of hydrogen-bond donors (Lipinski definition) is 1. The molecule has 0 saturated carbocycles. The number of methoxy groups -OCH3 is 1. The van der Waals surface area contributed by atoms with Crippen molar-refractivity contribution in [2.75, 3.05) is 12.4 Å². The number of nitrogens with one attached hydrogen (secondary N) is 1. The molecular formula is C16H15N3O3. The molecule has 3 aromatic rings. The van der Waals surface area contributed by atoms with Crippen molar-refractivity contribution in [3.8, 4) is 5.69 Å². The zero-order valence-corrected chi connectivity index (χ0v) is 12.0. The lowest BCUT2D eigenvalue weighted by Crippen LogP contribution is -2.13. The molecule has 3 rings (SSSR count). The molecule has 22 heavy (non-hydrogen) atoms. The van der Waals surface area contributed by atoms with Crippen LogP contribution in [0.2, 0.25) is 0 Å². The SMILES string of the molecule is COCc1ccc(C(=O)Nc2ccccc2-n2cccn2)o1. The molecule has 0 spiro atoms. The molecule has 6 nitrogen and oxygen atoms in total. The van der Waals surface area contributed by atoms with Crippen LogP contribution in [0, 0.1) is 0 Å². The van der Waals surface area contributed by atoms with Crippen LogP contribution in [0.25, 0.3) is 5.69 Å². The van der Waals surface area contributed by atoms with E-state index in [2.05, 4.69) is 10.4 Å². The highest BCUT2D eigenvalue weighted by Crippen LogP contribution is 2.20. The van der Waals surface area contributed by atoms with Gasteiger partial charge in [0, 0.05) is 19.5 Å². The monoisotopic (exact) mass is 297 g/mol. The summed E-state index contributed by atoms with van der Waals surface area (Å²) in [4.78, 5) is 12.3. The van der Waals surface area contributed by atoms with Crippen molar-refractivity contribution in [2.45, 2.75) is 6.61 Å². The lowest BCUT2D eigenvalue weighted by molar-refractivity contribution is 0.0987. The zero-order valence-electron chi connectivity index (χ0n) is 12.0. The third-order valence-electron chi connectivity index (χ3n) is 3.08. The molecule has 2 aromatic heterocycles. The molecule has 1 amide bonds. The van der Waals surface area contributed by atoms with Crippen LogP contribution in [0.3, 0.4) is 0 Å². The fraction of sp³-hybridized carbons (Fsp3) is 0.125. The van der Waals surface area contributed by atoms with Crippen molar-refractivity contribution in [1.29, 1.82) is 0 Å². The van der Waals surface area contributed by atoms with Gasteiger partial charge in [-0.2, -0.15) is 5.10 Å². The number of hydrogen-bond acceptors (Lipinski definition) is 4. The van der Waals surface area contributed by atoms with E-state index in [0.717, 1.165) is 5.69 Å². The Kier molecular flexibility index (Phi) is 4.02. The van der Waals surface area contributed by atoms with Crippen LogP contribution in [-0.4, -0.2) is 22.8 Å². The molecule has 0 saturated heterocycles. The molecule has 1 aromatic carbocycles. The molecular weight excluding hydrogens is 282 g/mol. The molecule has 0 aliphatic carbocycles. The summed E-state index contributed by atoms with van der Waals surface area (Å²) in [5.41, 5.74) is 1.44. The first-order valence-corrected chi connectivity index (χ1v) is 6.76. The van der Waals surface area contributed by atoms with E-state index in [-0.39, 0.29) is 11.7 Å². The molecule has 2 heterocycles. The lowest BCUT2D eigenvalue weighted by Gasteiger charge is -2.10. The van der Waals surface area contributed by atoms with E-state index in [0.29, 0.717) is 18.1 Å². The van der Waals surface area contributed by atoms with Crippen molar-refractivity contribution >= 4 is 11.6 Å². The molecule has 0 aliphatic rings. The van der Waals surface area contributed by atoms with Gasteiger partial charge >= 0.3 is 0 Å². The smallest absolute Gasteiger partial charge is 0.291 e. The maximum absolute atomic E-state index is 12.3. The topological polar surface area (TPSA) is 69.3 Å². The molecule has 0 bridgehead atoms. The van der Waals surface area contributed by atoms with Gasteiger partial charge in [0.15, 0.2) is 5.76 Å². The summed E-state index contributed by atoms with van der Waals surface area (Å²) in [6.45, 7) is 0.331. The average molecular weight is 297 g/mol. The molecule has 0 aliphatic heterocycles. The van der Waals surface area contributed by atoms with Gasteiger partial charge in [-0.1, -0.05) is 12.1 Å². The van der Waals surface area contributed by atoms with E-state index in [1.165, 1.54) is 0 Å². The number of aromatic nitrogens is 2. The van der Waals surface area contributed by atoms with Gasteiger partial charge in [0.25, 0.3) is 5.91 Å². The number of nitrogens with zero attached hydrogens (tertiary/aromatic N) is 2. The molecule has 112 valence electrons. The van der Waals surface area contributed by atoms with Gasteiger partial charge in [-0.15, -0.1) is 0 Å². The number of ether oxygens (including phenoxy) is 1. The molecule has 0 fully saturated rings. The first kappa shape index (κ1) is 14.1. The average Bonchev–Trinajstić information content (AvgIpc) is 3.19. The summed E-state index contributed by atoms with van der Waals surface area (Å²) in [5.74, 6) is 0.525. The van der Waals surface area contributed by atoms with Crippen LogP contribution < -0.4 is 5.32 Å². The number of carbonyl (C=O) groups excluding carboxylic acids is 1. The maximum Gasteiger partial charge on any atom is 0.291 e. The summed E-state index contributed by atoms with van der Waals surface area (Å²) < 4.78 is 12.1. The second-order valence-corrected chi connectivity index (χ2v) is 4.62. The Morgan fingerprint density at radius 3 is 2.91 bits per heavy atom. The number of rotatable bonds is 5. The summed E-state index contributed by atoms with van der Waals surface area (Å²) in [6.07, 6.45) is 3.50. The Morgan fingerprint density at radius 1 is 1.27 bits per heavy atom. The summed E-state index contributed by atoms with van der Waals surface area (Å²) in [5, 5.41) is 7.02. The minimum absolute atomic E-state index is 0.238. The third-order valence-corrected chi connectivity index (χ3v) is 3.08. The van der Waals surface area contributed by atoms with Gasteiger partial charge in [0.2, 0.25) is 0 Å². The van der Waals surface area contributed by atoms with Gasteiger partial charge in [-0.25, -0.2) is 4.68 Å². The van der Waals surface area contributed by atoms with Crippen LogP contribution in [0.4, 0.5) is 5.69 Å². The Hall–Kier alpha value is -2.86. The van der Waals surface area contributed by atoms with Gasteiger partial charge in [0.1, 0.15) is 12.4 Å². The second kappa shape index (κ2) is 6.28. The minimum atomic E-state index is -0.318. The highest BCUT2D eigenvalue weighted by Gasteiger charge is 2.14. The maximum atomic E-state index is 12.3. The van der Waals surface area contributed by atoms with Crippen molar-refractivity contribution in [1.82, 2.24) is 9.78 Å². The summed E-state index contributed by atoms with van der Waals surface area (Å²) >= 11 is 0. The standard InChI is InChI=1S/C16H15N3O3/c1-21-11-12-7-8-15(22-12)16(20)18-13-5-2-3-6-14(13)19-10-4-9-17-19/h2-10H,11H2,1H3,(H,18,20). The first-order valence-electron chi connectivity index (χ1n) is 6.76. The quantitative estimate of drug-likeness (QED) is 0.786. The number of carbonyl (C=O) groups is 1. The van der Waals surface area contributed by atoms with Crippen molar-refractivity contribution in [3.05, 3.63) is 66.4 Å². The summed E-state index contributed by atoms with van der Waals surface area (Å²) in [6, 6.07) is 12.6. The van der Waals surface area contributed by atoms with Gasteiger partial charge in [0.05, 0.1) is 11.4 Å². The Balaban J connectivity index is 1.82. The van der Waals surface area contributed by atoms with E-state index in [4.69, 9.17) is 9.15 Å². The Morgan fingerprint density at radius 2 is 2.14 bits per heavy atom. The first-order chi connectivity index (χ1) is 10.8. The van der Waals surface area contributed by atoms with Crippen molar-refractivity contribution in [2.24, 2.45) is 0 Å². The molecule has 1 N–H and O–H groups in total. The summed E-state index contributed by atoms with van der Waals surface area (Å²) in [7, 11) is 1.57. The lowest BCUT2D eigenvalue weighted by atomic mass is 10.2. The number of benzene rings is 1. The van der Waals surface area contributed by atoms with Crippen LogP contribution in [0.5, 0.6) is 0 Å². The van der Waals surface area contributed by atoms with Crippen molar-refractivity contribution < 1.29 is 13.9 Å². The van der Waals surface area contributed by atoms with Gasteiger partial charge in [-0.05, 0) is 30.3 Å². The Labute approximate surface area is 127 Å². The number of anilines is 1. The highest BCUT2D eigenvalue weighted by molar-refractivity contribution is 6.03. The van der Waals surface area contributed by atoms with E-state index in [9.17, 15) is 4.79 Å². The Bertz CT molecular complexity index is 763. The van der Waals surface area contributed by atoms with Crippen molar-refractivity contribution in [3.63, 3.8) is 0 Å². The van der Waals surface area contributed by atoms with Crippen LogP contribution in [0.1, 0.15) is 16.3 Å². The van der Waals surface area contributed by atoms with Gasteiger partial charge < -0.3 is 14.5 Å². The molecule has 6 heteroatoms. The fourth-order valence-corrected chi connectivity index (χ4v) is 2.09. The molecule has 0 unspecified atom stereocenters. The van der Waals surface area contributed by atoms with Gasteiger partial charge in [-0.3, -0.25) is 4.79 Å². The van der Waals surface area contributed by atoms with Crippen LogP contribution in [-0.2, 0) is 11.3 Å². The molecule has 0 atom stereocenters. The van der Waals surface area contributed by atoms with E-state index in [1.807, 2.05) is 36.5 Å². The highest BCUT2D eigenvalue weighted by atomic mass is 16.5. The number of para-hydroxylation sites is 2. The predicted octanol–water partition coefficient (Wildman–Crippen LogP) is 2.86. The van der Waals surface area contributed by atoms with Crippen LogP contribution in [0.15, 0.2) is 59.3 Å². The normalized spacial score (nSPS) is 10.6. The van der Waals surface area contributed by atoms with E-state index < -0.39 is 0 Å².